The Bertz CT molecular complexity index is 110. The third-order valence-electron chi connectivity index (χ3n) is 2.33. The number of likely N-dealkylation sites (tertiary alicyclic amines) is 1. The molecule has 1 unspecified atom stereocenters. The molecule has 0 spiro atoms. The Morgan fingerprint density at radius 3 is 2.70 bits per heavy atom. The van der Waals surface area contributed by atoms with Crippen LogP contribution in [0.15, 0.2) is 0 Å². The van der Waals surface area contributed by atoms with Gasteiger partial charge in [0, 0.05) is 0 Å². The zero-order chi connectivity index (χ0) is 7.61. The maximum atomic E-state index is 6.03. The van der Waals surface area contributed by atoms with Crippen molar-refractivity contribution in [2.24, 2.45) is 5.73 Å². The zero-order valence-electron chi connectivity index (χ0n) is 7.06. The first-order chi connectivity index (χ1) is 4.67. The van der Waals surface area contributed by atoms with Gasteiger partial charge in [0.15, 0.2) is 0 Å². The molecular formula is C8H18N2. The first-order valence-electron chi connectivity index (χ1n) is 4.21. The summed E-state index contributed by atoms with van der Waals surface area (Å²) in [5, 5.41) is 0. The molecular weight excluding hydrogens is 124 g/mol. The Balaban J connectivity index is 2.43. The molecule has 60 valence electrons. The molecule has 0 aromatic rings. The van der Waals surface area contributed by atoms with Crippen LogP contribution in [0.2, 0.25) is 0 Å². The Kier molecular flexibility index (Phi) is 2.32. The maximum Gasteiger partial charge on any atom is 0.0658 e. The van der Waals surface area contributed by atoms with Crippen LogP contribution in [0.25, 0.3) is 0 Å². The molecule has 0 aromatic heterocycles. The Morgan fingerprint density at radius 2 is 2.30 bits per heavy atom. The second-order valence-corrected chi connectivity index (χ2v) is 3.45. The third-order valence-corrected chi connectivity index (χ3v) is 2.33. The van der Waals surface area contributed by atoms with Gasteiger partial charge in [0.1, 0.15) is 0 Å². The number of rotatable bonds is 2. The molecule has 1 aliphatic heterocycles. The summed E-state index contributed by atoms with van der Waals surface area (Å²) in [6, 6.07) is 0. The number of nitrogens with two attached hydrogens (primary N) is 1. The molecule has 1 heterocycles. The van der Waals surface area contributed by atoms with Crippen LogP contribution >= 0.6 is 0 Å². The topological polar surface area (TPSA) is 29.3 Å². The highest BCUT2D eigenvalue weighted by molar-refractivity contribution is 4.85. The van der Waals surface area contributed by atoms with E-state index >= 15 is 0 Å². The van der Waals surface area contributed by atoms with E-state index in [9.17, 15) is 0 Å². The van der Waals surface area contributed by atoms with Crippen molar-refractivity contribution in [1.29, 1.82) is 0 Å². The lowest BCUT2D eigenvalue weighted by molar-refractivity contribution is 0.163. The van der Waals surface area contributed by atoms with Crippen molar-refractivity contribution in [3.05, 3.63) is 0 Å². The van der Waals surface area contributed by atoms with Crippen LogP contribution in [0.5, 0.6) is 0 Å². The molecule has 1 fully saturated rings. The average Bonchev–Trinajstić information content (AvgIpc) is 2.13. The van der Waals surface area contributed by atoms with E-state index < -0.39 is 0 Å². The molecule has 1 rings (SSSR count). The lowest BCUT2D eigenvalue weighted by Crippen LogP contribution is -2.49. The van der Waals surface area contributed by atoms with Crippen LogP contribution < -0.4 is 5.73 Å². The van der Waals surface area contributed by atoms with Crippen molar-refractivity contribution < 1.29 is 0 Å². The van der Waals surface area contributed by atoms with Gasteiger partial charge in [-0.2, -0.15) is 0 Å². The lowest BCUT2D eigenvalue weighted by Gasteiger charge is -2.30. The van der Waals surface area contributed by atoms with Gasteiger partial charge in [-0.05, 0) is 39.3 Å². The molecule has 0 radical (unpaired) electrons. The fourth-order valence-electron chi connectivity index (χ4n) is 1.68. The molecule has 2 nitrogen and oxygen atoms in total. The minimum Gasteiger partial charge on any atom is -0.313 e. The van der Waals surface area contributed by atoms with Crippen LogP contribution in [0.4, 0.5) is 0 Å². The van der Waals surface area contributed by atoms with Gasteiger partial charge in [0.25, 0.3) is 0 Å². The molecule has 1 aliphatic rings. The van der Waals surface area contributed by atoms with Crippen molar-refractivity contribution in [1.82, 2.24) is 4.90 Å². The van der Waals surface area contributed by atoms with Gasteiger partial charge in [-0.3, -0.25) is 4.90 Å². The summed E-state index contributed by atoms with van der Waals surface area (Å²) in [6.07, 6.45) is 3.65. The van der Waals surface area contributed by atoms with Crippen LogP contribution in [0.3, 0.4) is 0 Å². The van der Waals surface area contributed by atoms with Crippen molar-refractivity contribution in [2.45, 2.75) is 38.8 Å². The molecule has 10 heavy (non-hydrogen) atoms. The standard InChI is InChI=1S/C8H18N2/c1-3-6-10-7-4-5-8(10,2)9/h3-7,9H2,1-2H3. The Morgan fingerprint density at radius 1 is 1.60 bits per heavy atom. The van der Waals surface area contributed by atoms with E-state index in [0.29, 0.717) is 0 Å². The lowest BCUT2D eigenvalue weighted by atomic mass is 10.1. The predicted molar refractivity (Wildman–Crippen MR) is 43.7 cm³/mol. The highest BCUT2D eigenvalue weighted by Gasteiger charge is 2.31. The summed E-state index contributed by atoms with van der Waals surface area (Å²) in [7, 11) is 0. The normalized spacial score (nSPS) is 35.1. The van der Waals surface area contributed by atoms with Crippen LogP contribution in [0.1, 0.15) is 33.1 Å². The van der Waals surface area contributed by atoms with Gasteiger partial charge >= 0.3 is 0 Å². The van der Waals surface area contributed by atoms with Gasteiger partial charge in [-0.15, -0.1) is 0 Å². The SMILES string of the molecule is CCCN1CCCC1(C)N. The van der Waals surface area contributed by atoms with Crippen LogP contribution in [-0.4, -0.2) is 23.7 Å². The van der Waals surface area contributed by atoms with Crippen molar-refractivity contribution in [2.75, 3.05) is 13.1 Å². The van der Waals surface area contributed by atoms with Gasteiger partial charge in [-0.25, -0.2) is 0 Å². The molecule has 0 aromatic carbocycles. The third kappa shape index (κ3) is 1.50. The van der Waals surface area contributed by atoms with E-state index in [1.807, 2.05) is 0 Å². The highest BCUT2D eigenvalue weighted by Crippen LogP contribution is 2.23. The van der Waals surface area contributed by atoms with Gasteiger partial charge in [0.05, 0.1) is 5.66 Å². The molecule has 0 bridgehead atoms. The predicted octanol–water partition coefficient (Wildman–Crippen LogP) is 1.17. The second kappa shape index (κ2) is 2.89. The van der Waals surface area contributed by atoms with Crippen molar-refractivity contribution in [3.63, 3.8) is 0 Å². The first-order valence-corrected chi connectivity index (χ1v) is 4.21. The van der Waals surface area contributed by atoms with E-state index in [1.54, 1.807) is 0 Å². The minimum absolute atomic E-state index is 0.00396. The van der Waals surface area contributed by atoms with E-state index in [1.165, 1.54) is 19.4 Å². The van der Waals surface area contributed by atoms with E-state index in [2.05, 4.69) is 18.7 Å². The fourth-order valence-corrected chi connectivity index (χ4v) is 1.68. The molecule has 0 amide bonds. The largest absolute Gasteiger partial charge is 0.313 e. The van der Waals surface area contributed by atoms with E-state index in [-0.39, 0.29) is 5.66 Å². The molecule has 0 aliphatic carbocycles. The Labute approximate surface area is 63.4 Å². The molecule has 1 atom stereocenters. The van der Waals surface area contributed by atoms with Gasteiger partial charge in [-0.1, -0.05) is 6.92 Å². The van der Waals surface area contributed by atoms with E-state index in [4.69, 9.17) is 5.73 Å². The zero-order valence-corrected chi connectivity index (χ0v) is 7.06. The maximum absolute atomic E-state index is 6.03. The van der Waals surface area contributed by atoms with Crippen LogP contribution in [0, 0.1) is 0 Å². The highest BCUT2D eigenvalue weighted by atomic mass is 15.3. The number of hydrogen-bond acceptors (Lipinski definition) is 2. The monoisotopic (exact) mass is 142 g/mol. The van der Waals surface area contributed by atoms with Crippen molar-refractivity contribution in [3.8, 4) is 0 Å². The van der Waals surface area contributed by atoms with Crippen LogP contribution in [-0.2, 0) is 0 Å². The summed E-state index contributed by atoms with van der Waals surface area (Å²) in [5.74, 6) is 0. The second-order valence-electron chi connectivity index (χ2n) is 3.45. The number of nitrogens with zero attached hydrogens (tertiary/aromatic N) is 1. The summed E-state index contributed by atoms with van der Waals surface area (Å²) in [6.45, 7) is 6.69. The summed E-state index contributed by atoms with van der Waals surface area (Å²) in [5.41, 5.74) is 6.03. The quantitative estimate of drug-likeness (QED) is 0.627. The molecule has 0 saturated carbocycles. The summed E-state index contributed by atoms with van der Waals surface area (Å²) >= 11 is 0. The van der Waals surface area contributed by atoms with Crippen molar-refractivity contribution >= 4 is 0 Å². The fraction of sp³-hybridized carbons (Fsp3) is 1.00. The van der Waals surface area contributed by atoms with E-state index in [0.717, 1.165) is 13.0 Å². The summed E-state index contributed by atoms with van der Waals surface area (Å²) < 4.78 is 0. The molecule has 2 heteroatoms. The molecule has 2 N–H and O–H groups in total. The molecule has 1 saturated heterocycles. The minimum atomic E-state index is -0.00396. The first kappa shape index (κ1) is 8.02. The average molecular weight is 142 g/mol. The summed E-state index contributed by atoms with van der Waals surface area (Å²) in [4.78, 5) is 2.38. The number of hydrogen-bond donors (Lipinski definition) is 1. The smallest absolute Gasteiger partial charge is 0.0658 e. The van der Waals surface area contributed by atoms with Gasteiger partial charge < -0.3 is 5.73 Å². The van der Waals surface area contributed by atoms with Gasteiger partial charge in [0.2, 0.25) is 0 Å². The Hall–Kier alpha value is -0.0800.